The van der Waals surface area contributed by atoms with Crippen LogP contribution in [0.25, 0.3) is 0 Å². The molecule has 0 aromatic carbocycles. The predicted octanol–water partition coefficient (Wildman–Crippen LogP) is 1.31. The van der Waals surface area contributed by atoms with Gasteiger partial charge < -0.3 is 4.90 Å². The molecule has 0 amide bonds. The molecular weight excluding hydrogens is 198 g/mol. The van der Waals surface area contributed by atoms with E-state index in [4.69, 9.17) is 0 Å². The van der Waals surface area contributed by atoms with Gasteiger partial charge in [0.15, 0.2) is 0 Å². The lowest BCUT2D eigenvalue weighted by Crippen LogP contribution is -2.40. The SMILES string of the molecule is C[C@H]1C[C@H](C)CN(c2ns[nH]c2=O)C1. The predicted molar refractivity (Wildman–Crippen MR) is 57.9 cm³/mol. The molecule has 1 aliphatic rings. The Kier molecular flexibility index (Phi) is 2.58. The normalized spacial score (nSPS) is 28.0. The average molecular weight is 213 g/mol. The summed E-state index contributed by atoms with van der Waals surface area (Å²) in [5, 5.41) is 0. The minimum absolute atomic E-state index is 0.0451. The Balaban J connectivity index is 2.19. The zero-order chi connectivity index (χ0) is 10.1. The van der Waals surface area contributed by atoms with Crippen LogP contribution in [0.5, 0.6) is 0 Å². The van der Waals surface area contributed by atoms with Crippen LogP contribution in [0.3, 0.4) is 0 Å². The topological polar surface area (TPSA) is 49.0 Å². The van der Waals surface area contributed by atoms with Crippen molar-refractivity contribution >= 4 is 17.5 Å². The molecule has 5 heteroatoms. The monoisotopic (exact) mass is 213 g/mol. The molecule has 0 bridgehead atoms. The van der Waals surface area contributed by atoms with Gasteiger partial charge in [-0.1, -0.05) is 13.8 Å². The Bertz CT molecular complexity index is 349. The van der Waals surface area contributed by atoms with Crippen LogP contribution < -0.4 is 10.5 Å². The fourth-order valence-electron chi connectivity index (χ4n) is 2.23. The van der Waals surface area contributed by atoms with E-state index < -0.39 is 0 Å². The van der Waals surface area contributed by atoms with Crippen LogP contribution in [-0.2, 0) is 0 Å². The molecule has 1 fully saturated rings. The van der Waals surface area contributed by atoms with Crippen molar-refractivity contribution in [3.05, 3.63) is 10.4 Å². The van der Waals surface area contributed by atoms with Gasteiger partial charge in [0.25, 0.3) is 0 Å². The summed E-state index contributed by atoms with van der Waals surface area (Å²) in [6.07, 6.45) is 1.25. The summed E-state index contributed by atoms with van der Waals surface area (Å²) in [4.78, 5) is 13.5. The first kappa shape index (κ1) is 9.71. The third-order valence-electron chi connectivity index (χ3n) is 2.64. The minimum Gasteiger partial charge on any atom is -0.351 e. The van der Waals surface area contributed by atoms with E-state index in [1.807, 2.05) is 0 Å². The second kappa shape index (κ2) is 3.73. The van der Waals surface area contributed by atoms with Crippen LogP contribution in [0, 0.1) is 11.8 Å². The summed E-state index contributed by atoms with van der Waals surface area (Å²) in [6.45, 7) is 6.36. The zero-order valence-corrected chi connectivity index (χ0v) is 9.30. The van der Waals surface area contributed by atoms with Gasteiger partial charge in [0.1, 0.15) is 0 Å². The fourth-order valence-corrected chi connectivity index (χ4v) is 2.74. The molecule has 2 rings (SSSR count). The van der Waals surface area contributed by atoms with Crippen molar-refractivity contribution in [2.75, 3.05) is 18.0 Å². The molecule has 4 nitrogen and oxygen atoms in total. The number of rotatable bonds is 1. The zero-order valence-electron chi connectivity index (χ0n) is 8.49. The first-order valence-electron chi connectivity index (χ1n) is 4.96. The largest absolute Gasteiger partial charge is 0.351 e. The van der Waals surface area contributed by atoms with Crippen LogP contribution in [0.1, 0.15) is 20.3 Å². The highest BCUT2D eigenvalue weighted by Gasteiger charge is 2.24. The second-order valence-corrected chi connectivity index (χ2v) is 4.86. The van der Waals surface area contributed by atoms with Gasteiger partial charge in [0, 0.05) is 24.8 Å². The number of aromatic amines is 1. The summed E-state index contributed by atoms with van der Waals surface area (Å²) in [6, 6.07) is 0. The van der Waals surface area contributed by atoms with Gasteiger partial charge >= 0.3 is 5.56 Å². The van der Waals surface area contributed by atoms with Crippen molar-refractivity contribution in [2.24, 2.45) is 11.8 Å². The van der Waals surface area contributed by atoms with Crippen molar-refractivity contribution in [3.8, 4) is 0 Å². The smallest absolute Gasteiger partial charge is 0.302 e. The highest BCUT2D eigenvalue weighted by Crippen LogP contribution is 2.23. The minimum atomic E-state index is -0.0451. The summed E-state index contributed by atoms with van der Waals surface area (Å²) in [5.74, 6) is 1.91. The number of H-pyrrole nitrogens is 1. The van der Waals surface area contributed by atoms with E-state index >= 15 is 0 Å². The van der Waals surface area contributed by atoms with Crippen molar-refractivity contribution in [3.63, 3.8) is 0 Å². The number of nitrogens with one attached hydrogen (secondary N) is 1. The van der Waals surface area contributed by atoms with Gasteiger partial charge in [-0.15, -0.1) is 0 Å². The molecule has 2 heterocycles. The van der Waals surface area contributed by atoms with Crippen molar-refractivity contribution in [1.82, 2.24) is 8.75 Å². The standard InChI is InChI=1S/C9H15N3OS/c1-6-3-7(2)5-12(4-6)8-9(13)11-14-10-8/h6-7H,3-5H2,1-2H3,(H,11,13)/t6-,7-/m0/s1. The maximum Gasteiger partial charge on any atom is 0.302 e. The Hall–Kier alpha value is -0.840. The Morgan fingerprint density at radius 2 is 2.07 bits per heavy atom. The van der Waals surface area contributed by atoms with Gasteiger partial charge in [-0.25, -0.2) is 0 Å². The van der Waals surface area contributed by atoms with Gasteiger partial charge in [-0.2, -0.15) is 4.37 Å². The number of nitrogens with zero attached hydrogens (tertiary/aromatic N) is 2. The maximum absolute atomic E-state index is 11.4. The molecular formula is C9H15N3OS. The van der Waals surface area contributed by atoms with Crippen LogP contribution in [0.15, 0.2) is 4.79 Å². The Morgan fingerprint density at radius 3 is 2.57 bits per heavy atom. The molecule has 0 spiro atoms. The van der Waals surface area contributed by atoms with Gasteiger partial charge in [-0.3, -0.25) is 9.17 Å². The third kappa shape index (κ3) is 1.82. The molecule has 0 aliphatic carbocycles. The summed E-state index contributed by atoms with van der Waals surface area (Å²) in [7, 11) is 0. The molecule has 0 radical (unpaired) electrons. The van der Waals surface area contributed by atoms with Gasteiger partial charge in [-0.05, 0) is 18.3 Å². The molecule has 1 saturated heterocycles. The highest BCUT2D eigenvalue weighted by atomic mass is 32.1. The first-order chi connectivity index (χ1) is 6.66. The van der Waals surface area contributed by atoms with E-state index in [0.29, 0.717) is 17.7 Å². The molecule has 0 saturated carbocycles. The molecule has 0 unspecified atom stereocenters. The summed E-state index contributed by atoms with van der Waals surface area (Å²) in [5.41, 5.74) is -0.0451. The summed E-state index contributed by atoms with van der Waals surface area (Å²) < 4.78 is 6.74. The summed E-state index contributed by atoms with van der Waals surface area (Å²) >= 11 is 1.13. The number of anilines is 1. The molecule has 2 atom stereocenters. The number of piperidine rings is 1. The first-order valence-corrected chi connectivity index (χ1v) is 5.73. The van der Waals surface area contributed by atoms with Crippen molar-refractivity contribution in [1.29, 1.82) is 0 Å². The third-order valence-corrected chi connectivity index (χ3v) is 3.18. The van der Waals surface area contributed by atoms with Crippen LogP contribution in [0.4, 0.5) is 5.82 Å². The van der Waals surface area contributed by atoms with Crippen LogP contribution >= 0.6 is 11.7 Å². The molecule has 78 valence electrons. The van der Waals surface area contributed by atoms with Gasteiger partial charge in [0.05, 0.1) is 0 Å². The lowest BCUT2D eigenvalue weighted by Gasteiger charge is -2.34. The number of hydrogen-bond acceptors (Lipinski definition) is 4. The van der Waals surface area contributed by atoms with Crippen molar-refractivity contribution < 1.29 is 0 Å². The molecule has 1 aromatic rings. The quantitative estimate of drug-likeness (QED) is 0.765. The van der Waals surface area contributed by atoms with E-state index in [0.717, 1.165) is 24.8 Å². The lowest BCUT2D eigenvalue weighted by molar-refractivity contribution is 0.355. The second-order valence-electron chi connectivity index (χ2n) is 4.29. The van der Waals surface area contributed by atoms with Gasteiger partial charge in [0.2, 0.25) is 5.82 Å². The van der Waals surface area contributed by atoms with Crippen LogP contribution in [0.2, 0.25) is 0 Å². The Labute approximate surface area is 87.3 Å². The van der Waals surface area contributed by atoms with E-state index in [-0.39, 0.29) is 5.56 Å². The number of hydrogen-bond donors (Lipinski definition) is 1. The molecule has 1 N–H and O–H groups in total. The van der Waals surface area contributed by atoms with E-state index in [1.165, 1.54) is 6.42 Å². The molecule has 14 heavy (non-hydrogen) atoms. The average Bonchev–Trinajstić information content (AvgIpc) is 2.49. The van der Waals surface area contributed by atoms with Crippen LogP contribution in [-0.4, -0.2) is 21.8 Å². The maximum atomic E-state index is 11.4. The van der Waals surface area contributed by atoms with Crippen molar-refractivity contribution in [2.45, 2.75) is 20.3 Å². The van der Waals surface area contributed by atoms with E-state index in [9.17, 15) is 4.79 Å². The van der Waals surface area contributed by atoms with E-state index in [2.05, 4.69) is 27.5 Å². The lowest BCUT2D eigenvalue weighted by atomic mass is 9.92. The Morgan fingerprint density at radius 1 is 1.43 bits per heavy atom. The number of aromatic nitrogens is 2. The fraction of sp³-hybridized carbons (Fsp3) is 0.778. The molecule has 1 aromatic heterocycles. The molecule has 1 aliphatic heterocycles. The van der Waals surface area contributed by atoms with E-state index in [1.54, 1.807) is 0 Å². The highest BCUT2D eigenvalue weighted by molar-refractivity contribution is 6.99.